The van der Waals surface area contributed by atoms with Gasteiger partial charge in [0.05, 0.1) is 11.3 Å². The fraction of sp³-hybridized carbons (Fsp3) is 0.417. The van der Waals surface area contributed by atoms with Crippen LogP contribution in [0.1, 0.15) is 22.8 Å². The Bertz CT molecular complexity index is 640. The van der Waals surface area contributed by atoms with Crippen LogP contribution in [-0.2, 0) is 16.0 Å². The van der Waals surface area contributed by atoms with E-state index < -0.39 is 44.9 Å². The predicted molar refractivity (Wildman–Crippen MR) is 68.0 cm³/mol. The van der Waals surface area contributed by atoms with Crippen LogP contribution in [0.5, 0.6) is 0 Å². The van der Waals surface area contributed by atoms with Gasteiger partial charge in [0.1, 0.15) is 15.7 Å². The third-order valence-corrected chi connectivity index (χ3v) is 3.57. The number of rotatable bonds is 4. The Labute approximate surface area is 119 Å². The maximum atomic E-state index is 13.1. The molecule has 0 saturated heterocycles. The molecule has 1 amide bonds. The number of carbonyl (C=O) groups excluding carboxylic acids is 1. The Balaban J connectivity index is 2.94. The van der Waals surface area contributed by atoms with Gasteiger partial charge in [-0.2, -0.15) is 13.2 Å². The van der Waals surface area contributed by atoms with E-state index in [0.29, 0.717) is 12.1 Å². The van der Waals surface area contributed by atoms with Crippen molar-refractivity contribution in [3.8, 4) is 0 Å². The summed E-state index contributed by atoms with van der Waals surface area (Å²) in [5.41, 5.74) is -1.95. The first-order valence-electron chi connectivity index (χ1n) is 5.75. The van der Waals surface area contributed by atoms with Crippen molar-refractivity contribution in [2.45, 2.75) is 19.1 Å². The van der Waals surface area contributed by atoms with Crippen molar-refractivity contribution < 1.29 is 30.8 Å². The first-order chi connectivity index (χ1) is 9.40. The fourth-order valence-electron chi connectivity index (χ4n) is 1.69. The maximum Gasteiger partial charge on any atom is 0.419 e. The molecule has 1 N–H and O–H groups in total. The molecule has 1 unspecified atom stereocenters. The van der Waals surface area contributed by atoms with Crippen molar-refractivity contribution in [2.24, 2.45) is 0 Å². The van der Waals surface area contributed by atoms with Gasteiger partial charge >= 0.3 is 6.18 Å². The largest absolute Gasteiger partial charge is 0.419 e. The highest BCUT2D eigenvalue weighted by molar-refractivity contribution is 7.90. The summed E-state index contributed by atoms with van der Waals surface area (Å²) in [6.45, 7) is 1.40. The minimum absolute atomic E-state index is 0.355. The summed E-state index contributed by atoms with van der Waals surface area (Å²) >= 11 is 0. The molecule has 118 valence electrons. The zero-order chi connectivity index (χ0) is 16.4. The second-order valence-electron chi connectivity index (χ2n) is 4.66. The summed E-state index contributed by atoms with van der Waals surface area (Å²) in [5.74, 6) is -2.74. The van der Waals surface area contributed by atoms with Crippen LogP contribution in [0.25, 0.3) is 0 Å². The molecule has 1 atom stereocenters. The molecule has 9 heteroatoms. The summed E-state index contributed by atoms with van der Waals surface area (Å²) in [6.07, 6.45) is -3.95. The van der Waals surface area contributed by atoms with E-state index in [1.807, 2.05) is 0 Å². The van der Waals surface area contributed by atoms with Crippen LogP contribution in [0, 0.1) is 5.82 Å². The molecule has 0 spiro atoms. The molecule has 0 bridgehead atoms. The van der Waals surface area contributed by atoms with Gasteiger partial charge in [-0.3, -0.25) is 4.79 Å². The molecule has 21 heavy (non-hydrogen) atoms. The summed E-state index contributed by atoms with van der Waals surface area (Å²) < 4.78 is 72.7. The highest BCUT2D eigenvalue weighted by Crippen LogP contribution is 2.31. The van der Waals surface area contributed by atoms with Gasteiger partial charge in [-0.05, 0) is 25.1 Å². The molecule has 1 aromatic carbocycles. The monoisotopic (exact) mass is 327 g/mol. The molecule has 0 fully saturated rings. The third-order valence-electron chi connectivity index (χ3n) is 2.46. The first-order valence-corrected chi connectivity index (χ1v) is 7.81. The molecule has 4 nitrogen and oxygen atoms in total. The summed E-state index contributed by atoms with van der Waals surface area (Å²) in [6, 6.07) is 1.04. The van der Waals surface area contributed by atoms with Crippen LogP contribution in [0.3, 0.4) is 0 Å². The van der Waals surface area contributed by atoms with E-state index in [1.165, 1.54) is 6.92 Å². The van der Waals surface area contributed by atoms with Crippen molar-refractivity contribution >= 4 is 15.7 Å². The highest BCUT2D eigenvalue weighted by Gasteiger charge is 2.34. The average molecular weight is 327 g/mol. The van der Waals surface area contributed by atoms with E-state index in [2.05, 4.69) is 5.32 Å². The molecule has 0 aliphatic rings. The van der Waals surface area contributed by atoms with Crippen molar-refractivity contribution in [3.63, 3.8) is 0 Å². The number of alkyl halides is 3. The average Bonchev–Trinajstić information content (AvgIpc) is 2.24. The van der Waals surface area contributed by atoms with Gasteiger partial charge in [0.25, 0.3) is 5.91 Å². The second-order valence-corrected chi connectivity index (χ2v) is 6.84. The summed E-state index contributed by atoms with van der Waals surface area (Å²) in [7, 11) is -3.34. The van der Waals surface area contributed by atoms with Crippen LogP contribution in [-0.4, -0.2) is 32.4 Å². The quantitative estimate of drug-likeness (QED) is 0.861. The van der Waals surface area contributed by atoms with E-state index in [0.717, 1.165) is 12.3 Å². The molecular formula is C12H13F4NO3S. The van der Waals surface area contributed by atoms with Gasteiger partial charge in [-0.25, -0.2) is 12.8 Å². The third kappa shape index (κ3) is 5.33. The zero-order valence-electron chi connectivity index (χ0n) is 11.2. The Morgan fingerprint density at radius 3 is 2.38 bits per heavy atom. The van der Waals surface area contributed by atoms with Crippen LogP contribution in [0.2, 0.25) is 0 Å². The van der Waals surface area contributed by atoms with Gasteiger partial charge in [0.15, 0.2) is 0 Å². The number of amides is 1. The Morgan fingerprint density at radius 1 is 1.33 bits per heavy atom. The lowest BCUT2D eigenvalue weighted by atomic mass is 10.1. The maximum absolute atomic E-state index is 13.1. The number of hydrogen-bond donors (Lipinski definition) is 1. The topological polar surface area (TPSA) is 63.2 Å². The number of nitrogens with one attached hydrogen (secondary N) is 1. The van der Waals surface area contributed by atoms with E-state index in [1.54, 1.807) is 0 Å². The van der Waals surface area contributed by atoms with E-state index in [4.69, 9.17) is 0 Å². The van der Waals surface area contributed by atoms with Crippen molar-refractivity contribution in [3.05, 3.63) is 35.1 Å². The van der Waals surface area contributed by atoms with Gasteiger partial charge in [-0.1, -0.05) is 0 Å². The summed E-state index contributed by atoms with van der Waals surface area (Å²) in [4.78, 5) is 11.7. The smallest absolute Gasteiger partial charge is 0.349 e. The number of halogens is 4. The van der Waals surface area contributed by atoms with Crippen molar-refractivity contribution in [1.82, 2.24) is 5.32 Å². The second kappa shape index (κ2) is 6.00. The Hall–Kier alpha value is -1.64. The minimum Gasteiger partial charge on any atom is -0.349 e. The SMILES string of the molecule is CC(CS(C)(=O)=O)NC(=O)c1ccc(F)c(C(F)(F)F)c1. The molecule has 0 saturated carbocycles. The van der Waals surface area contributed by atoms with Crippen molar-refractivity contribution in [2.75, 3.05) is 12.0 Å². The van der Waals surface area contributed by atoms with Gasteiger partial charge in [-0.15, -0.1) is 0 Å². The van der Waals surface area contributed by atoms with Gasteiger partial charge in [0, 0.05) is 17.9 Å². The molecule has 0 aliphatic heterocycles. The molecule has 1 aromatic rings. The van der Waals surface area contributed by atoms with Gasteiger partial charge < -0.3 is 5.32 Å². The molecule has 0 radical (unpaired) electrons. The highest BCUT2D eigenvalue weighted by atomic mass is 32.2. The number of hydrogen-bond acceptors (Lipinski definition) is 3. The van der Waals surface area contributed by atoms with Crippen LogP contribution in [0.15, 0.2) is 18.2 Å². The van der Waals surface area contributed by atoms with Crippen LogP contribution < -0.4 is 5.32 Å². The standard InChI is InChI=1S/C12H13F4NO3S/c1-7(6-21(2,19)20)17-11(18)8-3-4-10(13)9(5-8)12(14,15)16/h3-5,7H,6H2,1-2H3,(H,17,18). The van der Waals surface area contributed by atoms with E-state index in [-0.39, 0.29) is 5.75 Å². The number of benzene rings is 1. The zero-order valence-corrected chi connectivity index (χ0v) is 12.0. The minimum atomic E-state index is -4.92. The van der Waals surface area contributed by atoms with Gasteiger partial charge in [0.2, 0.25) is 0 Å². The van der Waals surface area contributed by atoms with Crippen LogP contribution in [0.4, 0.5) is 17.6 Å². The molecule has 0 aliphatic carbocycles. The number of carbonyl (C=O) groups is 1. The lowest BCUT2D eigenvalue weighted by Gasteiger charge is -2.14. The Kier molecular flexibility index (Phi) is 4.98. The lowest BCUT2D eigenvalue weighted by Crippen LogP contribution is -2.37. The normalized spacial score (nSPS) is 13.8. The fourth-order valence-corrected chi connectivity index (χ4v) is 2.68. The lowest BCUT2D eigenvalue weighted by molar-refractivity contribution is -0.140. The van der Waals surface area contributed by atoms with Crippen LogP contribution >= 0.6 is 0 Å². The molecule has 0 heterocycles. The van der Waals surface area contributed by atoms with Crippen molar-refractivity contribution in [1.29, 1.82) is 0 Å². The first kappa shape index (κ1) is 17.4. The number of sulfone groups is 1. The molecule has 0 aromatic heterocycles. The summed E-state index contributed by atoms with van der Waals surface area (Å²) in [5, 5.41) is 2.24. The predicted octanol–water partition coefficient (Wildman–Crippen LogP) is 2.01. The van der Waals surface area contributed by atoms with E-state index >= 15 is 0 Å². The Morgan fingerprint density at radius 2 is 1.90 bits per heavy atom. The molecule has 1 rings (SSSR count). The van der Waals surface area contributed by atoms with E-state index in [9.17, 15) is 30.8 Å². The molecular weight excluding hydrogens is 314 g/mol.